The summed E-state index contributed by atoms with van der Waals surface area (Å²) in [6, 6.07) is 10.6. The van der Waals surface area contributed by atoms with Crippen molar-refractivity contribution in [2.24, 2.45) is 5.73 Å². The van der Waals surface area contributed by atoms with Crippen LogP contribution in [0.2, 0.25) is 0 Å². The zero-order valence-electron chi connectivity index (χ0n) is 10.9. The number of rotatable bonds is 4. The lowest BCUT2D eigenvalue weighted by molar-refractivity contribution is -0.118. The molecule has 0 aromatic heterocycles. The van der Waals surface area contributed by atoms with Gasteiger partial charge in [0.1, 0.15) is 11.9 Å². The molecule has 5 heteroatoms. The van der Waals surface area contributed by atoms with Crippen molar-refractivity contribution in [2.45, 2.75) is 13.0 Å². The number of carbonyl (C=O) groups is 1. The molecule has 0 spiro atoms. The number of primary amides is 1. The first kappa shape index (κ1) is 14.5. The molecule has 104 valence electrons. The van der Waals surface area contributed by atoms with E-state index in [1.54, 1.807) is 12.1 Å². The zero-order chi connectivity index (χ0) is 14.7. The van der Waals surface area contributed by atoms with E-state index in [0.717, 1.165) is 15.7 Å². The van der Waals surface area contributed by atoms with E-state index in [-0.39, 0.29) is 5.82 Å². The highest BCUT2D eigenvalue weighted by Crippen LogP contribution is 2.24. The first-order valence-corrected chi connectivity index (χ1v) is 6.84. The highest BCUT2D eigenvalue weighted by Gasteiger charge is 2.17. The number of carbonyl (C=O) groups excluding carboxylic acids is 1. The topological polar surface area (TPSA) is 55.1 Å². The lowest BCUT2D eigenvalue weighted by atomic mass is 10.1. The van der Waals surface area contributed by atoms with Gasteiger partial charge in [-0.05, 0) is 48.4 Å². The van der Waals surface area contributed by atoms with Crippen LogP contribution in [-0.4, -0.2) is 5.91 Å². The molecule has 0 aliphatic rings. The summed E-state index contributed by atoms with van der Waals surface area (Å²) in [5, 5.41) is 3.06. The summed E-state index contributed by atoms with van der Waals surface area (Å²) in [4.78, 5) is 11.6. The first-order valence-electron chi connectivity index (χ1n) is 6.05. The van der Waals surface area contributed by atoms with E-state index in [4.69, 9.17) is 5.73 Å². The fourth-order valence-electron chi connectivity index (χ4n) is 1.88. The van der Waals surface area contributed by atoms with Crippen LogP contribution >= 0.6 is 15.9 Å². The molecular weight excluding hydrogens is 323 g/mol. The molecule has 1 unspecified atom stereocenters. The van der Waals surface area contributed by atoms with Crippen LogP contribution in [0.3, 0.4) is 0 Å². The Labute approximate surface area is 125 Å². The van der Waals surface area contributed by atoms with Gasteiger partial charge in [0.2, 0.25) is 5.91 Å². The third-order valence-electron chi connectivity index (χ3n) is 2.96. The van der Waals surface area contributed by atoms with Crippen molar-refractivity contribution in [3.05, 3.63) is 63.9 Å². The average Bonchev–Trinajstić information content (AvgIpc) is 2.41. The number of aryl methyl sites for hydroxylation is 1. The summed E-state index contributed by atoms with van der Waals surface area (Å²) >= 11 is 3.42. The molecule has 0 radical (unpaired) electrons. The van der Waals surface area contributed by atoms with Crippen LogP contribution in [0.1, 0.15) is 17.2 Å². The minimum absolute atomic E-state index is 0.351. The molecule has 2 aromatic carbocycles. The summed E-state index contributed by atoms with van der Waals surface area (Å²) in [7, 11) is 0. The van der Waals surface area contributed by atoms with Gasteiger partial charge in [0.15, 0.2) is 0 Å². The number of amides is 1. The van der Waals surface area contributed by atoms with Gasteiger partial charge in [0.25, 0.3) is 0 Å². The lowest BCUT2D eigenvalue weighted by Gasteiger charge is -2.17. The Morgan fingerprint density at radius 1 is 1.25 bits per heavy atom. The third-order valence-corrected chi connectivity index (χ3v) is 3.85. The summed E-state index contributed by atoms with van der Waals surface area (Å²) in [5.74, 6) is -0.867. The minimum Gasteiger partial charge on any atom is -0.370 e. The van der Waals surface area contributed by atoms with Crippen molar-refractivity contribution in [3.63, 3.8) is 0 Å². The second kappa shape index (κ2) is 6.05. The number of nitrogens with two attached hydrogens (primary N) is 1. The van der Waals surface area contributed by atoms with Crippen molar-refractivity contribution >= 4 is 27.5 Å². The van der Waals surface area contributed by atoms with Crippen LogP contribution in [0.25, 0.3) is 0 Å². The van der Waals surface area contributed by atoms with Crippen LogP contribution < -0.4 is 11.1 Å². The molecule has 0 heterocycles. The smallest absolute Gasteiger partial charge is 0.244 e. The van der Waals surface area contributed by atoms with Gasteiger partial charge >= 0.3 is 0 Å². The molecule has 0 aliphatic heterocycles. The van der Waals surface area contributed by atoms with E-state index in [2.05, 4.69) is 21.2 Å². The highest BCUT2D eigenvalue weighted by molar-refractivity contribution is 9.10. The Balaban J connectivity index is 2.27. The number of hydrogen-bond acceptors (Lipinski definition) is 2. The fraction of sp³-hybridized carbons (Fsp3) is 0.133. The molecule has 3 nitrogen and oxygen atoms in total. The standard InChI is InChI=1S/C15H14BrFN2O/c1-9-8-12(6-7-13(9)16)19-14(15(18)20)10-2-4-11(17)5-3-10/h2-8,14,19H,1H3,(H2,18,20). The highest BCUT2D eigenvalue weighted by atomic mass is 79.9. The van der Waals surface area contributed by atoms with Gasteiger partial charge in [-0.1, -0.05) is 28.1 Å². The number of benzene rings is 2. The monoisotopic (exact) mass is 336 g/mol. The predicted molar refractivity (Wildman–Crippen MR) is 80.8 cm³/mol. The van der Waals surface area contributed by atoms with Gasteiger partial charge in [-0.25, -0.2) is 4.39 Å². The molecule has 20 heavy (non-hydrogen) atoms. The summed E-state index contributed by atoms with van der Waals surface area (Å²) in [6.45, 7) is 1.95. The summed E-state index contributed by atoms with van der Waals surface area (Å²) in [6.07, 6.45) is 0. The molecule has 2 aromatic rings. The molecule has 1 amide bonds. The maximum atomic E-state index is 12.9. The largest absolute Gasteiger partial charge is 0.370 e. The first-order chi connectivity index (χ1) is 9.47. The number of hydrogen-bond donors (Lipinski definition) is 2. The van der Waals surface area contributed by atoms with E-state index in [1.165, 1.54) is 12.1 Å². The van der Waals surface area contributed by atoms with Gasteiger partial charge in [0, 0.05) is 10.2 Å². The van der Waals surface area contributed by atoms with E-state index in [1.807, 2.05) is 25.1 Å². The van der Waals surface area contributed by atoms with Crippen LogP contribution in [0, 0.1) is 12.7 Å². The quantitative estimate of drug-likeness (QED) is 0.897. The van der Waals surface area contributed by atoms with Crippen molar-refractivity contribution in [1.29, 1.82) is 0 Å². The Bertz CT molecular complexity index is 628. The molecule has 0 fully saturated rings. The average molecular weight is 337 g/mol. The predicted octanol–water partition coefficient (Wildman–Crippen LogP) is 3.54. The Kier molecular flexibility index (Phi) is 4.39. The second-order valence-corrected chi connectivity index (χ2v) is 5.35. The minimum atomic E-state index is -0.698. The summed E-state index contributed by atoms with van der Waals surface area (Å²) in [5.41, 5.74) is 7.86. The Morgan fingerprint density at radius 3 is 2.45 bits per heavy atom. The fourth-order valence-corrected chi connectivity index (χ4v) is 2.12. The molecule has 0 bridgehead atoms. The van der Waals surface area contributed by atoms with Crippen molar-refractivity contribution in [3.8, 4) is 0 Å². The van der Waals surface area contributed by atoms with Gasteiger partial charge in [-0.15, -0.1) is 0 Å². The van der Waals surface area contributed by atoms with Gasteiger partial charge in [0.05, 0.1) is 0 Å². The molecular formula is C15H14BrFN2O. The van der Waals surface area contributed by atoms with Crippen molar-refractivity contribution < 1.29 is 9.18 Å². The van der Waals surface area contributed by atoms with E-state index < -0.39 is 11.9 Å². The number of halogens is 2. The van der Waals surface area contributed by atoms with Crippen LogP contribution in [0.5, 0.6) is 0 Å². The molecule has 3 N–H and O–H groups in total. The molecule has 0 saturated heterocycles. The van der Waals surface area contributed by atoms with Gasteiger partial charge < -0.3 is 11.1 Å². The maximum Gasteiger partial charge on any atom is 0.244 e. The van der Waals surface area contributed by atoms with Crippen LogP contribution in [0.15, 0.2) is 46.9 Å². The van der Waals surface area contributed by atoms with E-state index >= 15 is 0 Å². The Morgan fingerprint density at radius 2 is 1.90 bits per heavy atom. The SMILES string of the molecule is Cc1cc(NC(C(N)=O)c2ccc(F)cc2)ccc1Br. The van der Waals surface area contributed by atoms with E-state index in [0.29, 0.717) is 5.56 Å². The summed E-state index contributed by atoms with van der Waals surface area (Å²) < 4.78 is 13.9. The molecule has 2 rings (SSSR count). The molecule has 0 saturated carbocycles. The van der Waals surface area contributed by atoms with Crippen LogP contribution in [-0.2, 0) is 4.79 Å². The maximum absolute atomic E-state index is 12.9. The second-order valence-electron chi connectivity index (χ2n) is 4.50. The molecule has 0 aliphatic carbocycles. The third kappa shape index (κ3) is 3.36. The molecule has 1 atom stereocenters. The van der Waals surface area contributed by atoms with Crippen LogP contribution in [0.4, 0.5) is 10.1 Å². The van der Waals surface area contributed by atoms with E-state index in [9.17, 15) is 9.18 Å². The number of anilines is 1. The zero-order valence-corrected chi connectivity index (χ0v) is 12.4. The van der Waals surface area contributed by atoms with Gasteiger partial charge in [-0.2, -0.15) is 0 Å². The van der Waals surface area contributed by atoms with Gasteiger partial charge in [-0.3, -0.25) is 4.79 Å². The normalized spacial score (nSPS) is 11.9. The number of nitrogens with one attached hydrogen (secondary N) is 1. The van der Waals surface area contributed by atoms with Crippen molar-refractivity contribution in [1.82, 2.24) is 0 Å². The lowest BCUT2D eigenvalue weighted by Crippen LogP contribution is -2.27. The van der Waals surface area contributed by atoms with Crippen molar-refractivity contribution in [2.75, 3.05) is 5.32 Å². The Hall–Kier alpha value is -1.88.